The molecule has 2 unspecified atom stereocenters. The molecule has 3 rings (SSSR count). The first-order chi connectivity index (χ1) is 9.20. The van der Waals surface area contributed by atoms with Crippen LogP contribution in [0.5, 0.6) is 0 Å². The minimum atomic E-state index is -0.716. The zero-order chi connectivity index (χ0) is 13.4. The predicted molar refractivity (Wildman–Crippen MR) is 68.7 cm³/mol. The highest BCUT2D eigenvalue weighted by molar-refractivity contribution is 5.70. The Bertz CT molecular complexity index is 485. The summed E-state index contributed by atoms with van der Waals surface area (Å²) in [4.78, 5) is 13.5. The number of carboxylic acid groups (broad SMARTS) is 1. The fraction of sp³-hybridized carbons (Fsp3) is 0.769. The average molecular weight is 264 g/mol. The van der Waals surface area contributed by atoms with E-state index in [1.54, 1.807) is 0 Å². The minimum Gasteiger partial charge on any atom is -0.481 e. The number of hydrogen-bond donors (Lipinski definition) is 1. The van der Waals surface area contributed by atoms with Gasteiger partial charge in [0.05, 0.1) is 12.0 Å². The van der Waals surface area contributed by atoms with E-state index in [0.717, 1.165) is 37.7 Å². The molecule has 1 aromatic heterocycles. The lowest BCUT2D eigenvalue weighted by atomic mass is 9.98. The first kappa shape index (κ1) is 12.6. The number of hydrogen-bond acceptors (Lipinski definition) is 4. The third-order valence-electron chi connectivity index (χ3n) is 4.40. The lowest BCUT2D eigenvalue weighted by Gasteiger charge is -2.25. The third kappa shape index (κ3) is 2.14. The summed E-state index contributed by atoms with van der Waals surface area (Å²) in [6.07, 6.45) is 3.54. The molecule has 0 saturated carbocycles. The van der Waals surface area contributed by atoms with Crippen molar-refractivity contribution in [3.8, 4) is 0 Å². The van der Waals surface area contributed by atoms with Gasteiger partial charge in [-0.15, -0.1) is 10.2 Å². The fourth-order valence-corrected chi connectivity index (χ4v) is 3.31. The molecule has 1 N–H and O–H groups in total. The molecule has 0 aromatic carbocycles. The molecule has 19 heavy (non-hydrogen) atoms. The fourth-order valence-electron chi connectivity index (χ4n) is 3.31. The Hall–Kier alpha value is -1.43. The van der Waals surface area contributed by atoms with Gasteiger partial charge in [-0.1, -0.05) is 6.92 Å². The maximum Gasteiger partial charge on any atom is 0.307 e. The number of aromatic nitrogens is 3. The number of aliphatic carboxylic acids is 1. The smallest absolute Gasteiger partial charge is 0.307 e. The van der Waals surface area contributed by atoms with E-state index < -0.39 is 5.97 Å². The van der Waals surface area contributed by atoms with Crippen molar-refractivity contribution in [1.82, 2.24) is 19.7 Å². The SMILES string of the molecule is CCN1CCCC1c1nnc2n1CCC(C(=O)O)C2. The van der Waals surface area contributed by atoms with Crippen LogP contribution in [0.2, 0.25) is 0 Å². The van der Waals surface area contributed by atoms with E-state index in [-0.39, 0.29) is 5.92 Å². The number of rotatable bonds is 3. The Morgan fingerprint density at radius 3 is 2.95 bits per heavy atom. The average Bonchev–Trinajstić information content (AvgIpc) is 3.03. The molecule has 0 aliphatic carbocycles. The van der Waals surface area contributed by atoms with Gasteiger partial charge < -0.3 is 9.67 Å². The van der Waals surface area contributed by atoms with Crippen molar-refractivity contribution >= 4 is 5.97 Å². The Morgan fingerprint density at radius 2 is 2.21 bits per heavy atom. The van der Waals surface area contributed by atoms with Gasteiger partial charge in [0.2, 0.25) is 0 Å². The summed E-state index contributed by atoms with van der Waals surface area (Å²) in [5, 5.41) is 17.7. The van der Waals surface area contributed by atoms with Crippen LogP contribution in [0.25, 0.3) is 0 Å². The molecule has 3 heterocycles. The van der Waals surface area contributed by atoms with Gasteiger partial charge in [-0.25, -0.2) is 0 Å². The second-order valence-corrected chi connectivity index (χ2v) is 5.44. The van der Waals surface area contributed by atoms with Crippen molar-refractivity contribution in [1.29, 1.82) is 0 Å². The topological polar surface area (TPSA) is 71.2 Å². The molecule has 104 valence electrons. The highest BCUT2D eigenvalue weighted by Crippen LogP contribution is 2.32. The summed E-state index contributed by atoms with van der Waals surface area (Å²) in [6, 6.07) is 0.368. The van der Waals surface area contributed by atoms with Crippen LogP contribution in [0.15, 0.2) is 0 Å². The van der Waals surface area contributed by atoms with E-state index in [0.29, 0.717) is 18.9 Å². The summed E-state index contributed by atoms with van der Waals surface area (Å²) in [6.45, 7) is 5.07. The molecule has 0 amide bonds. The van der Waals surface area contributed by atoms with E-state index in [1.165, 1.54) is 6.42 Å². The molecule has 6 nitrogen and oxygen atoms in total. The molecule has 2 atom stereocenters. The Morgan fingerprint density at radius 1 is 1.37 bits per heavy atom. The highest BCUT2D eigenvalue weighted by Gasteiger charge is 2.33. The minimum absolute atomic E-state index is 0.296. The van der Waals surface area contributed by atoms with Crippen LogP contribution in [0.1, 0.15) is 43.9 Å². The Balaban J connectivity index is 1.84. The van der Waals surface area contributed by atoms with Gasteiger partial charge in [0.1, 0.15) is 11.6 Å². The van der Waals surface area contributed by atoms with Crippen molar-refractivity contribution in [3.63, 3.8) is 0 Å². The predicted octanol–water partition coefficient (Wildman–Crippen LogP) is 1.08. The maximum atomic E-state index is 11.1. The van der Waals surface area contributed by atoms with Gasteiger partial charge in [0.25, 0.3) is 0 Å². The summed E-state index contributed by atoms with van der Waals surface area (Å²) < 4.78 is 2.15. The molecule has 1 fully saturated rings. The van der Waals surface area contributed by atoms with E-state index in [4.69, 9.17) is 5.11 Å². The number of likely N-dealkylation sites (tertiary alicyclic amines) is 1. The van der Waals surface area contributed by atoms with Crippen LogP contribution in [-0.4, -0.2) is 43.8 Å². The van der Waals surface area contributed by atoms with Gasteiger partial charge in [0, 0.05) is 13.0 Å². The summed E-state index contributed by atoms with van der Waals surface area (Å²) in [5.41, 5.74) is 0. The molecule has 0 bridgehead atoms. The molecule has 1 saturated heterocycles. The second-order valence-electron chi connectivity index (χ2n) is 5.44. The van der Waals surface area contributed by atoms with Crippen molar-refractivity contribution in [2.24, 2.45) is 5.92 Å². The standard InChI is InChI=1S/C13H20N4O2/c1-2-16-6-3-4-10(16)12-15-14-11-8-9(13(18)19)5-7-17(11)12/h9-10H,2-8H2,1H3,(H,18,19). The molecular weight excluding hydrogens is 244 g/mol. The normalized spacial score (nSPS) is 27.4. The summed E-state index contributed by atoms with van der Waals surface area (Å²) in [5.74, 6) is 0.872. The van der Waals surface area contributed by atoms with Crippen LogP contribution >= 0.6 is 0 Å². The zero-order valence-electron chi connectivity index (χ0n) is 11.2. The molecule has 2 aliphatic rings. The summed E-state index contributed by atoms with van der Waals surface area (Å²) >= 11 is 0. The lowest BCUT2D eigenvalue weighted by Crippen LogP contribution is -2.29. The number of nitrogens with zero attached hydrogens (tertiary/aromatic N) is 4. The highest BCUT2D eigenvalue weighted by atomic mass is 16.4. The first-order valence-electron chi connectivity index (χ1n) is 7.09. The van der Waals surface area contributed by atoms with Gasteiger partial charge >= 0.3 is 5.97 Å². The quantitative estimate of drug-likeness (QED) is 0.884. The van der Waals surface area contributed by atoms with Crippen LogP contribution in [0, 0.1) is 5.92 Å². The van der Waals surface area contributed by atoms with Gasteiger partial charge in [-0.3, -0.25) is 9.69 Å². The van der Waals surface area contributed by atoms with Crippen LogP contribution < -0.4 is 0 Å². The number of carboxylic acids is 1. The molecule has 0 radical (unpaired) electrons. The number of fused-ring (bicyclic) bond motifs is 1. The van der Waals surface area contributed by atoms with Crippen LogP contribution in [-0.2, 0) is 17.8 Å². The molecule has 6 heteroatoms. The van der Waals surface area contributed by atoms with Crippen molar-refractivity contribution < 1.29 is 9.90 Å². The van der Waals surface area contributed by atoms with Gasteiger partial charge in [-0.2, -0.15) is 0 Å². The van der Waals surface area contributed by atoms with Gasteiger partial charge in [-0.05, 0) is 32.4 Å². The van der Waals surface area contributed by atoms with Crippen molar-refractivity contribution in [3.05, 3.63) is 11.6 Å². The van der Waals surface area contributed by atoms with E-state index >= 15 is 0 Å². The summed E-state index contributed by atoms with van der Waals surface area (Å²) in [7, 11) is 0. The zero-order valence-corrected chi connectivity index (χ0v) is 11.2. The second kappa shape index (κ2) is 4.92. The maximum absolute atomic E-state index is 11.1. The van der Waals surface area contributed by atoms with Crippen molar-refractivity contribution in [2.75, 3.05) is 13.1 Å². The third-order valence-corrected chi connectivity index (χ3v) is 4.40. The molecule has 1 aromatic rings. The Labute approximate surface area is 112 Å². The first-order valence-corrected chi connectivity index (χ1v) is 7.09. The molecular formula is C13H20N4O2. The largest absolute Gasteiger partial charge is 0.481 e. The Kier molecular flexibility index (Phi) is 3.26. The van der Waals surface area contributed by atoms with Crippen molar-refractivity contribution in [2.45, 2.75) is 45.2 Å². The van der Waals surface area contributed by atoms with E-state index in [1.807, 2.05) is 0 Å². The monoisotopic (exact) mass is 264 g/mol. The van der Waals surface area contributed by atoms with E-state index in [9.17, 15) is 4.79 Å². The van der Waals surface area contributed by atoms with Crippen LogP contribution in [0.3, 0.4) is 0 Å². The van der Waals surface area contributed by atoms with Gasteiger partial charge in [0.15, 0.2) is 0 Å². The molecule has 0 spiro atoms. The molecule has 2 aliphatic heterocycles. The van der Waals surface area contributed by atoms with E-state index in [2.05, 4.69) is 26.6 Å². The van der Waals surface area contributed by atoms with Crippen LogP contribution in [0.4, 0.5) is 0 Å². The lowest BCUT2D eigenvalue weighted by molar-refractivity contribution is -0.142. The number of carbonyl (C=O) groups is 1.